The molecule has 1 aliphatic heterocycles. The zero-order chi connectivity index (χ0) is 13.2. The first-order chi connectivity index (χ1) is 8.49. The third-order valence-corrected chi connectivity index (χ3v) is 5.03. The lowest BCUT2D eigenvalue weighted by atomic mass is 9.76. The molecule has 2 N–H and O–H groups in total. The van der Waals surface area contributed by atoms with Gasteiger partial charge in [-0.3, -0.25) is 4.79 Å². The zero-order valence-electron chi connectivity index (χ0n) is 12.0. The molecule has 0 bridgehead atoms. The molecule has 0 aromatic carbocycles. The highest BCUT2D eigenvalue weighted by molar-refractivity contribution is 5.85. The predicted molar refractivity (Wildman–Crippen MR) is 74.2 cm³/mol. The van der Waals surface area contributed by atoms with Gasteiger partial charge in [0, 0.05) is 13.1 Å². The highest BCUT2D eigenvalue weighted by Crippen LogP contribution is 2.46. The minimum atomic E-state index is -0.658. The molecule has 1 spiro atoms. The van der Waals surface area contributed by atoms with Gasteiger partial charge in [0.25, 0.3) is 0 Å². The third kappa shape index (κ3) is 2.71. The van der Waals surface area contributed by atoms with Crippen molar-refractivity contribution in [1.29, 1.82) is 0 Å². The lowest BCUT2D eigenvalue weighted by molar-refractivity contribution is -0.139. The van der Waals surface area contributed by atoms with Crippen molar-refractivity contribution < 1.29 is 4.79 Å². The maximum Gasteiger partial charge on any atom is 0.242 e. The van der Waals surface area contributed by atoms with Crippen LogP contribution in [0.25, 0.3) is 0 Å². The second-order valence-electron chi connectivity index (χ2n) is 6.67. The summed E-state index contributed by atoms with van der Waals surface area (Å²) < 4.78 is 0. The molecule has 2 fully saturated rings. The molecule has 1 amide bonds. The highest BCUT2D eigenvalue weighted by Gasteiger charge is 2.40. The van der Waals surface area contributed by atoms with Crippen LogP contribution < -0.4 is 5.73 Å². The largest absolute Gasteiger partial charge is 0.341 e. The van der Waals surface area contributed by atoms with Gasteiger partial charge in [-0.1, -0.05) is 26.2 Å². The first kappa shape index (κ1) is 13.9. The molecule has 2 rings (SSSR count). The molecule has 1 aliphatic carbocycles. The van der Waals surface area contributed by atoms with Crippen molar-refractivity contribution in [3.63, 3.8) is 0 Å². The number of nitrogens with zero attached hydrogens (tertiary/aromatic N) is 1. The van der Waals surface area contributed by atoms with Crippen molar-refractivity contribution in [1.82, 2.24) is 4.90 Å². The number of hydrogen-bond donors (Lipinski definition) is 1. The molecular weight excluding hydrogens is 224 g/mol. The molecule has 0 aromatic rings. The molecule has 3 nitrogen and oxygen atoms in total. The Balaban J connectivity index is 1.91. The van der Waals surface area contributed by atoms with Crippen molar-refractivity contribution in [2.45, 2.75) is 70.8 Å². The van der Waals surface area contributed by atoms with E-state index in [9.17, 15) is 4.79 Å². The van der Waals surface area contributed by atoms with Crippen LogP contribution in [0.4, 0.5) is 0 Å². The SMILES string of the molecule is CCCC(C)(N)C(=O)N1CCC2(CCCC2)CC1. The maximum atomic E-state index is 12.4. The Morgan fingerprint density at radius 3 is 2.28 bits per heavy atom. The number of likely N-dealkylation sites (tertiary alicyclic amines) is 1. The van der Waals surface area contributed by atoms with Crippen molar-refractivity contribution in [3.05, 3.63) is 0 Å². The Labute approximate surface area is 111 Å². The summed E-state index contributed by atoms with van der Waals surface area (Å²) in [6, 6.07) is 0. The highest BCUT2D eigenvalue weighted by atomic mass is 16.2. The van der Waals surface area contributed by atoms with Crippen LogP contribution in [0.5, 0.6) is 0 Å². The van der Waals surface area contributed by atoms with Crippen LogP contribution in [0.3, 0.4) is 0 Å². The summed E-state index contributed by atoms with van der Waals surface area (Å²) >= 11 is 0. The average molecular weight is 252 g/mol. The Kier molecular flexibility index (Phi) is 4.00. The minimum absolute atomic E-state index is 0.164. The summed E-state index contributed by atoms with van der Waals surface area (Å²) in [5, 5.41) is 0. The normalized spacial score (nSPS) is 26.3. The van der Waals surface area contributed by atoms with Crippen LogP contribution in [0.1, 0.15) is 65.2 Å². The number of hydrogen-bond acceptors (Lipinski definition) is 2. The molecular formula is C15H28N2O. The van der Waals surface area contributed by atoms with E-state index in [2.05, 4.69) is 6.92 Å². The van der Waals surface area contributed by atoms with Crippen LogP contribution >= 0.6 is 0 Å². The number of carbonyl (C=O) groups excluding carboxylic acids is 1. The third-order valence-electron chi connectivity index (χ3n) is 5.03. The molecule has 18 heavy (non-hydrogen) atoms. The fourth-order valence-corrected chi connectivity index (χ4v) is 3.80. The summed E-state index contributed by atoms with van der Waals surface area (Å²) in [7, 11) is 0. The molecule has 1 unspecified atom stereocenters. The van der Waals surface area contributed by atoms with Crippen molar-refractivity contribution in [3.8, 4) is 0 Å². The van der Waals surface area contributed by atoms with Crippen LogP contribution in [-0.2, 0) is 4.79 Å². The molecule has 0 radical (unpaired) electrons. The van der Waals surface area contributed by atoms with Gasteiger partial charge in [-0.25, -0.2) is 0 Å². The molecule has 3 heteroatoms. The van der Waals surface area contributed by atoms with Gasteiger partial charge in [0.1, 0.15) is 0 Å². The van der Waals surface area contributed by atoms with Gasteiger partial charge >= 0.3 is 0 Å². The van der Waals surface area contributed by atoms with Gasteiger partial charge in [0.05, 0.1) is 5.54 Å². The standard InChI is InChI=1S/C15H28N2O/c1-3-6-14(2,16)13(18)17-11-9-15(10-12-17)7-4-5-8-15/h3-12,16H2,1-2H3. The number of rotatable bonds is 3. The second-order valence-corrected chi connectivity index (χ2v) is 6.67. The van der Waals surface area contributed by atoms with Crippen molar-refractivity contribution in [2.75, 3.05) is 13.1 Å². The zero-order valence-corrected chi connectivity index (χ0v) is 12.0. The van der Waals surface area contributed by atoms with E-state index in [1.54, 1.807) is 0 Å². The van der Waals surface area contributed by atoms with Gasteiger partial charge < -0.3 is 10.6 Å². The fraction of sp³-hybridized carbons (Fsp3) is 0.933. The van der Waals surface area contributed by atoms with Crippen LogP contribution in [0.15, 0.2) is 0 Å². The first-order valence-electron chi connectivity index (χ1n) is 7.57. The second kappa shape index (κ2) is 5.20. The summed E-state index contributed by atoms with van der Waals surface area (Å²) in [5.74, 6) is 0.164. The quantitative estimate of drug-likeness (QED) is 0.839. The van der Waals surface area contributed by atoms with Gasteiger partial charge in [0.15, 0.2) is 0 Å². The van der Waals surface area contributed by atoms with E-state index in [1.807, 2.05) is 11.8 Å². The Morgan fingerprint density at radius 1 is 1.22 bits per heavy atom. The van der Waals surface area contributed by atoms with Gasteiger partial charge in [-0.05, 0) is 44.4 Å². The molecule has 104 valence electrons. The number of amides is 1. The monoisotopic (exact) mass is 252 g/mol. The maximum absolute atomic E-state index is 12.4. The number of carbonyl (C=O) groups is 1. The lowest BCUT2D eigenvalue weighted by Gasteiger charge is -2.42. The van der Waals surface area contributed by atoms with Crippen LogP contribution in [0, 0.1) is 5.41 Å². The summed E-state index contributed by atoms with van der Waals surface area (Å²) in [6.45, 7) is 5.82. The Hall–Kier alpha value is -0.570. The van der Waals surface area contributed by atoms with E-state index in [1.165, 1.54) is 38.5 Å². The molecule has 0 aromatic heterocycles. The van der Waals surface area contributed by atoms with Gasteiger partial charge in [-0.15, -0.1) is 0 Å². The summed E-state index contributed by atoms with van der Waals surface area (Å²) in [6.07, 6.45) is 9.68. The average Bonchev–Trinajstić information content (AvgIpc) is 2.78. The van der Waals surface area contributed by atoms with E-state index >= 15 is 0 Å². The van der Waals surface area contributed by atoms with E-state index in [0.29, 0.717) is 5.41 Å². The predicted octanol–water partition coefficient (Wildman–Crippen LogP) is 2.69. The lowest BCUT2D eigenvalue weighted by Crippen LogP contribution is -2.55. The molecule has 1 heterocycles. The molecule has 1 atom stereocenters. The van der Waals surface area contributed by atoms with E-state index in [-0.39, 0.29) is 5.91 Å². The fourth-order valence-electron chi connectivity index (χ4n) is 3.80. The number of nitrogens with two attached hydrogens (primary N) is 1. The molecule has 1 saturated heterocycles. The van der Waals surface area contributed by atoms with Crippen molar-refractivity contribution >= 4 is 5.91 Å². The Bertz CT molecular complexity index is 296. The van der Waals surface area contributed by atoms with Crippen molar-refractivity contribution in [2.24, 2.45) is 11.1 Å². The topological polar surface area (TPSA) is 46.3 Å². The number of piperidine rings is 1. The van der Waals surface area contributed by atoms with Crippen LogP contribution in [-0.4, -0.2) is 29.4 Å². The first-order valence-corrected chi connectivity index (χ1v) is 7.57. The molecule has 2 aliphatic rings. The minimum Gasteiger partial charge on any atom is -0.341 e. The van der Waals surface area contributed by atoms with Gasteiger partial charge in [-0.2, -0.15) is 0 Å². The summed E-state index contributed by atoms with van der Waals surface area (Å²) in [5.41, 5.74) is 6.07. The van der Waals surface area contributed by atoms with E-state index in [0.717, 1.165) is 25.9 Å². The summed E-state index contributed by atoms with van der Waals surface area (Å²) in [4.78, 5) is 14.4. The molecule has 1 saturated carbocycles. The van der Waals surface area contributed by atoms with E-state index < -0.39 is 5.54 Å². The van der Waals surface area contributed by atoms with E-state index in [4.69, 9.17) is 5.73 Å². The Morgan fingerprint density at radius 2 is 1.78 bits per heavy atom. The van der Waals surface area contributed by atoms with Gasteiger partial charge in [0.2, 0.25) is 5.91 Å². The smallest absolute Gasteiger partial charge is 0.242 e. The van der Waals surface area contributed by atoms with Crippen LogP contribution in [0.2, 0.25) is 0 Å².